The quantitative estimate of drug-likeness (QED) is 0.363. The van der Waals surface area contributed by atoms with E-state index in [-0.39, 0.29) is 5.57 Å². The Balaban J connectivity index is 2.05. The molecule has 0 radical (unpaired) electrons. The summed E-state index contributed by atoms with van der Waals surface area (Å²) >= 11 is 0. The van der Waals surface area contributed by atoms with Gasteiger partial charge in [-0.1, -0.05) is 17.9 Å². The van der Waals surface area contributed by atoms with E-state index in [1.165, 1.54) is 22.2 Å². The highest BCUT2D eigenvalue weighted by Crippen LogP contribution is 2.38. The Morgan fingerprint density at radius 3 is 2.29 bits per heavy atom. The van der Waals surface area contributed by atoms with Crippen molar-refractivity contribution >= 4 is 17.4 Å². The molecular formula is C24H29N3O4. The molecule has 1 aromatic heterocycles. The van der Waals surface area contributed by atoms with Gasteiger partial charge in [0.05, 0.1) is 38.8 Å². The molecule has 1 atom stereocenters. The zero-order chi connectivity index (χ0) is 22.4. The van der Waals surface area contributed by atoms with E-state index in [1.807, 2.05) is 19.1 Å². The second kappa shape index (κ2) is 10.2. The molecule has 2 heterocycles. The van der Waals surface area contributed by atoms with Gasteiger partial charge in [0.25, 0.3) is 5.91 Å². The van der Waals surface area contributed by atoms with Crippen LogP contribution in [0, 0.1) is 0 Å². The number of rotatable bonds is 9. The summed E-state index contributed by atoms with van der Waals surface area (Å²) in [5, 5.41) is 13.3. The maximum absolute atomic E-state index is 13.3. The summed E-state index contributed by atoms with van der Waals surface area (Å²) in [6, 6.07) is 9.64. The number of hydrogen-bond donors (Lipinski definition) is 1. The van der Waals surface area contributed by atoms with Gasteiger partial charge in [-0.05, 0) is 56.2 Å². The van der Waals surface area contributed by atoms with Crippen LogP contribution in [-0.4, -0.2) is 54.4 Å². The number of likely N-dealkylation sites (N-methyl/N-ethyl adjacent to an activating group) is 1. The van der Waals surface area contributed by atoms with Gasteiger partial charge in [-0.25, -0.2) is 0 Å². The Morgan fingerprint density at radius 2 is 1.71 bits per heavy atom. The minimum Gasteiger partial charge on any atom is -0.872 e. The first kappa shape index (κ1) is 22.5. The van der Waals surface area contributed by atoms with Gasteiger partial charge in [-0.15, -0.1) is 0 Å². The molecule has 3 rings (SSSR count). The fraction of sp³-hybridized carbons (Fsp3) is 0.375. The van der Waals surface area contributed by atoms with E-state index in [9.17, 15) is 14.7 Å². The molecular weight excluding hydrogens is 394 g/mol. The molecule has 1 aliphatic heterocycles. The van der Waals surface area contributed by atoms with Crippen molar-refractivity contribution in [3.05, 3.63) is 65.5 Å². The molecule has 1 fully saturated rings. The molecule has 0 saturated carbocycles. The van der Waals surface area contributed by atoms with E-state index in [2.05, 4.69) is 18.8 Å². The van der Waals surface area contributed by atoms with Gasteiger partial charge in [0.1, 0.15) is 5.75 Å². The van der Waals surface area contributed by atoms with Crippen molar-refractivity contribution < 1.29 is 24.3 Å². The van der Waals surface area contributed by atoms with Crippen molar-refractivity contribution in [1.82, 2.24) is 9.88 Å². The van der Waals surface area contributed by atoms with E-state index >= 15 is 0 Å². The van der Waals surface area contributed by atoms with Crippen molar-refractivity contribution in [3.63, 3.8) is 0 Å². The number of nitrogens with zero attached hydrogens (tertiary/aromatic N) is 2. The molecule has 1 unspecified atom stereocenters. The number of likely N-dealkylation sites (tertiary alicyclic amines) is 1. The van der Waals surface area contributed by atoms with Crippen molar-refractivity contribution in [3.8, 4) is 5.75 Å². The number of aromatic nitrogens is 1. The third kappa shape index (κ3) is 4.77. The first-order valence-corrected chi connectivity index (χ1v) is 10.7. The minimum atomic E-state index is -0.727. The molecule has 1 aliphatic rings. The Morgan fingerprint density at radius 1 is 1.06 bits per heavy atom. The van der Waals surface area contributed by atoms with Gasteiger partial charge in [-0.3, -0.25) is 14.6 Å². The topological polar surface area (TPSA) is 87.0 Å². The Hall–Kier alpha value is -3.19. The summed E-state index contributed by atoms with van der Waals surface area (Å²) in [6.07, 6.45) is 3.00. The number of nitrogens with one attached hydrogen (secondary N) is 1. The molecule has 2 aromatic rings. The minimum absolute atomic E-state index is 0.00472. The number of pyridine rings is 1. The van der Waals surface area contributed by atoms with E-state index in [1.54, 1.807) is 24.3 Å². The van der Waals surface area contributed by atoms with Crippen LogP contribution in [0.2, 0.25) is 0 Å². The maximum Gasteiger partial charge on any atom is 0.295 e. The summed E-state index contributed by atoms with van der Waals surface area (Å²) < 4.78 is 5.51. The van der Waals surface area contributed by atoms with E-state index < -0.39 is 23.5 Å². The molecule has 1 amide bonds. The van der Waals surface area contributed by atoms with Gasteiger partial charge in [-0.2, -0.15) is 0 Å². The number of amides is 1. The van der Waals surface area contributed by atoms with Gasteiger partial charge in [0.15, 0.2) is 0 Å². The van der Waals surface area contributed by atoms with Gasteiger partial charge >= 0.3 is 0 Å². The highest BCUT2D eigenvalue weighted by atomic mass is 16.5. The highest BCUT2D eigenvalue weighted by molar-refractivity contribution is 6.46. The third-order valence-corrected chi connectivity index (χ3v) is 5.69. The Kier molecular flexibility index (Phi) is 7.41. The molecule has 7 nitrogen and oxygen atoms in total. The lowest BCUT2D eigenvalue weighted by molar-refractivity contribution is -0.895. The molecule has 31 heavy (non-hydrogen) atoms. The van der Waals surface area contributed by atoms with Crippen LogP contribution in [0.4, 0.5) is 0 Å². The van der Waals surface area contributed by atoms with Crippen LogP contribution in [0.15, 0.2) is 54.4 Å². The molecule has 164 valence electrons. The van der Waals surface area contributed by atoms with E-state index in [0.717, 1.165) is 18.7 Å². The molecule has 1 saturated heterocycles. The van der Waals surface area contributed by atoms with Crippen LogP contribution >= 0.6 is 0 Å². The van der Waals surface area contributed by atoms with E-state index in [4.69, 9.17) is 4.74 Å². The number of quaternary nitrogens is 1. The van der Waals surface area contributed by atoms with Crippen LogP contribution in [0.1, 0.15) is 37.9 Å². The fourth-order valence-corrected chi connectivity index (χ4v) is 3.90. The number of hydrogen-bond acceptors (Lipinski definition) is 5. The summed E-state index contributed by atoms with van der Waals surface area (Å²) in [5.41, 5.74) is 1.06. The first-order chi connectivity index (χ1) is 15.0. The average Bonchev–Trinajstić information content (AvgIpc) is 3.05. The predicted molar refractivity (Wildman–Crippen MR) is 115 cm³/mol. The SMILES string of the molecule is CCOc1ccc(C2C(=C([O-])c3ccncc3)C(=O)C(=O)N2CC[NH+](CC)CC)cc1. The van der Waals surface area contributed by atoms with Crippen molar-refractivity contribution in [2.45, 2.75) is 26.8 Å². The number of carbonyl (C=O) groups is 2. The summed E-state index contributed by atoms with van der Waals surface area (Å²) in [5.74, 6) is -1.08. The summed E-state index contributed by atoms with van der Waals surface area (Å²) in [4.78, 5) is 32.7. The smallest absolute Gasteiger partial charge is 0.295 e. The fourth-order valence-electron chi connectivity index (χ4n) is 3.90. The zero-order valence-electron chi connectivity index (χ0n) is 18.3. The first-order valence-electron chi connectivity index (χ1n) is 10.7. The lowest BCUT2D eigenvalue weighted by atomic mass is 9.95. The van der Waals surface area contributed by atoms with Crippen molar-refractivity contribution in [1.29, 1.82) is 0 Å². The predicted octanol–water partition coefficient (Wildman–Crippen LogP) is 0.629. The number of ether oxygens (including phenoxy) is 1. The Bertz CT molecular complexity index is 937. The van der Waals surface area contributed by atoms with Crippen LogP contribution in [-0.2, 0) is 9.59 Å². The normalized spacial score (nSPS) is 18.1. The molecule has 1 N–H and O–H groups in total. The number of Topliss-reactive ketones (excluding diaryl/α,β-unsaturated/α-hetero) is 1. The zero-order valence-corrected chi connectivity index (χ0v) is 18.3. The molecule has 0 spiro atoms. The lowest BCUT2D eigenvalue weighted by Gasteiger charge is -2.28. The lowest BCUT2D eigenvalue weighted by Crippen LogP contribution is -3.12. The van der Waals surface area contributed by atoms with Crippen molar-refractivity contribution in [2.75, 3.05) is 32.8 Å². The van der Waals surface area contributed by atoms with Crippen LogP contribution in [0.25, 0.3) is 5.76 Å². The molecule has 0 bridgehead atoms. The van der Waals surface area contributed by atoms with Crippen LogP contribution in [0.5, 0.6) is 5.75 Å². The molecule has 1 aromatic carbocycles. The second-order valence-electron chi connectivity index (χ2n) is 7.42. The molecule has 0 aliphatic carbocycles. The van der Waals surface area contributed by atoms with Gasteiger partial charge in [0.2, 0.25) is 5.78 Å². The summed E-state index contributed by atoms with van der Waals surface area (Å²) in [7, 11) is 0. The van der Waals surface area contributed by atoms with Crippen molar-refractivity contribution in [2.24, 2.45) is 0 Å². The molecule has 7 heteroatoms. The Labute approximate surface area is 183 Å². The monoisotopic (exact) mass is 423 g/mol. The standard InChI is InChI=1S/C24H29N3O4/c1-4-26(5-2)15-16-27-21(17-7-9-19(10-8-17)31-6-3)20(23(29)24(27)30)22(28)18-11-13-25-14-12-18/h7-14,21,28H,4-6,15-16H2,1-3H3. The number of carbonyl (C=O) groups excluding carboxylic acids is 2. The van der Waals surface area contributed by atoms with Crippen LogP contribution in [0.3, 0.4) is 0 Å². The van der Waals surface area contributed by atoms with Gasteiger partial charge in [0, 0.05) is 18.0 Å². The summed E-state index contributed by atoms with van der Waals surface area (Å²) in [6.45, 7) is 9.56. The number of benzene rings is 1. The van der Waals surface area contributed by atoms with E-state index in [0.29, 0.717) is 31.0 Å². The second-order valence-corrected chi connectivity index (χ2v) is 7.42. The van der Waals surface area contributed by atoms with Crippen LogP contribution < -0.4 is 14.7 Å². The average molecular weight is 424 g/mol. The number of ketones is 1. The van der Waals surface area contributed by atoms with Gasteiger partial charge < -0.3 is 19.6 Å². The third-order valence-electron chi connectivity index (χ3n) is 5.69. The highest BCUT2D eigenvalue weighted by Gasteiger charge is 2.44. The largest absolute Gasteiger partial charge is 0.872 e. The maximum atomic E-state index is 13.3.